The number of halogens is 1. The van der Waals surface area contributed by atoms with Gasteiger partial charge >= 0.3 is 0 Å². The van der Waals surface area contributed by atoms with Crippen LogP contribution >= 0.6 is 12.4 Å². The van der Waals surface area contributed by atoms with E-state index in [2.05, 4.69) is 12.2 Å². The van der Waals surface area contributed by atoms with Gasteiger partial charge < -0.3 is 11.1 Å². The fourth-order valence-corrected chi connectivity index (χ4v) is 2.97. The average Bonchev–Trinajstić information content (AvgIpc) is 2.57. The monoisotopic (exact) mass is 362 g/mol. The molecule has 0 atom stereocenters. The molecule has 0 saturated heterocycles. The molecule has 0 spiro atoms. The minimum Gasteiger partial charge on any atom is -0.355 e. The number of hydrogen-bond donors (Lipinski definition) is 2. The molecule has 0 radical (unpaired) electrons. The molecule has 0 aromatic carbocycles. The van der Waals surface area contributed by atoms with Gasteiger partial charge in [-0.1, -0.05) is 103 Å². The molecule has 0 fully saturated rings. The summed E-state index contributed by atoms with van der Waals surface area (Å²) in [6, 6.07) is 0. The molecule has 1 amide bonds. The van der Waals surface area contributed by atoms with E-state index in [1.165, 1.54) is 96.3 Å². The van der Waals surface area contributed by atoms with Crippen LogP contribution in [-0.4, -0.2) is 19.0 Å². The fourth-order valence-electron chi connectivity index (χ4n) is 2.97. The normalized spacial score (nSPS) is 10.4. The predicted molar refractivity (Wildman–Crippen MR) is 109 cm³/mol. The van der Waals surface area contributed by atoms with Crippen molar-refractivity contribution in [2.24, 2.45) is 5.73 Å². The van der Waals surface area contributed by atoms with E-state index in [1.54, 1.807) is 0 Å². The molecule has 3 nitrogen and oxygen atoms in total. The minimum atomic E-state index is -0.0361. The van der Waals surface area contributed by atoms with Crippen LogP contribution in [0.4, 0.5) is 0 Å². The second-order valence-corrected chi connectivity index (χ2v) is 6.86. The molecule has 0 aliphatic carbocycles. The van der Waals surface area contributed by atoms with Crippen LogP contribution < -0.4 is 11.1 Å². The number of nitrogens with one attached hydrogen (secondary N) is 1. The molecule has 0 bridgehead atoms. The minimum absolute atomic E-state index is 0. The predicted octanol–water partition coefficient (Wildman–Crippen LogP) is 5.74. The third kappa shape index (κ3) is 21.7. The topological polar surface area (TPSA) is 55.1 Å². The second kappa shape index (κ2) is 22.7. The lowest BCUT2D eigenvalue weighted by atomic mass is 10.0. The highest BCUT2D eigenvalue weighted by Crippen LogP contribution is 2.13. The molecule has 0 heterocycles. The average molecular weight is 363 g/mol. The quantitative estimate of drug-likeness (QED) is 0.305. The highest BCUT2D eigenvalue weighted by atomic mass is 35.5. The van der Waals surface area contributed by atoms with E-state index in [-0.39, 0.29) is 24.9 Å². The molecular formula is C20H43ClN2O. The third-order valence-corrected chi connectivity index (χ3v) is 4.54. The van der Waals surface area contributed by atoms with Crippen LogP contribution in [0, 0.1) is 0 Å². The number of rotatable bonds is 18. The lowest BCUT2D eigenvalue weighted by Gasteiger charge is -2.04. The zero-order valence-corrected chi connectivity index (χ0v) is 16.9. The Morgan fingerprint density at radius 3 is 1.33 bits per heavy atom. The van der Waals surface area contributed by atoms with Gasteiger partial charge in [0.05, 0.1) is 6.54 Å². The van der Waals surface area contributed by atoms with Crippen molar-refractivity contribution in [2.45, 2.75) is 110 Å². The van der Waals surface area contributed by atoms with Gasteiger partial charge in [-0.15, -0.1) is 12.4 Å². The molecule has 146 valence electrons. The van der Waals surface area contributed by atoms with Crippen molar-refractivity contribution < 1.29 is 4.79 Å². The highest BCUT2D eigenvalue weighted by molar-refractivity contribution is 5.85. The van der Waals surface area contributed by atoms with Crippen molar-refractivity contribution >= 4 is 18.3 Å². The Morgan fingerprint density at radius 2 is 1.00 bits per heavy atom. The number of unbranched alkanes of at least 4 members (excludes halogenated alkanes) is 15. The Balaban J connectivity index is 0. The van der Waals surface area contributed by atoms with E-state index in [1.807, 2.05) is 0 Å². The smallest absolute Gasteiger partial charge is 0.233 e. The van der Waals surface area contributed by atoms with Crippen LogP contribution in [0.15, 0.2) is 0 Å². The van der Waals surface area contributed by atoms with Crippen LogP contribution in [0.3, 0.4) is 0 Å². The molecule has 0 rings (SSSR count). The Bertz CT molecular complexity index is 250. The summed E-state index contributed by atoms with van der Waals surface area (Å²) in [7, 11) is 0. The van der Waals surface area contributed by atoms with Crippen molar-refractivity contribution in [3.63, 3.8) is 0 Å². The molecular weight excluding hydrogens is 320 g/mol. The summed E-state index contributed by atoms with van der Waals surface area (Å²) < 4.78 is 0. The summed E-state index contributed by atoms with van der Waals surface area (Å²) in [6.45, 7) is 3.18. The van der Waals surface area contributed by atoms with E-state index < -0.39 is 0 Å². The van der Waals surface area contributed by atoms with E-state index in [4.69, 9.17) is 5.73 Å². The van der Waals surface area contributed by atoms with Gasteiger partial charge in [0.15, 0.2) is 0 Å². The van der Waals surface area contributed by atoms with Gasteiger partial charge in [-0.05, 0) is 6.42 Å². The number of carbonyl (C=O) groups is 1. The Hall–Kier alpha value is -0.280. The van der Waals surface area contributed by atoms with E-state index in [0.717, 1.165) is 13.0 Å². The summed E-state index contributed by atoms with van der Waals surface area (Å²) in [4.78, 5) is 10.9. The standard InChI is InChI=1S/C20H42N2O.ClH/c1-2-3-4-5-6-7-8-9-10-11-12-13-14-15-16-17-18-22-20(23)19-21;/h2-19,21H2,1H3,(H,22,23);1H. The Kier molecular flexibility index (Phi) is 24.6. The molecule has 0 aromatic heterocycles. The number of nitrogens with two attached hydrogens (primary N) is 1. The van der Waals surface area contributed by atoms with Gasteiger partial charge in [0.25, 0.3) is 0 Å². The molecule has 0 aliphatic rings. The summed E-state index contributed by atoms with van der Waals surface area (Å²) in [5, 5.41) is 2.82. The highest BCUT2D eigenvalue weighted by Gasteiger charge is 1.96. The van der Waals surface area contributed by atoms with E-state index in [9.17, 15) is 4.79 Å². The van der Waals surface area contributed by atoms with Gasteiger partial charge in [0, 0.05) is 6.54 Å². The first-order valence-corrected chi connectivity index (χ1v) is 10.3. The number of amides is 1. The number of carbonyl (C=O) groups excluding carboxylic acids is 1. The zero-order valence-electron chi connectivity index (χ0n) is 16.1. The third-order valence-electron chi connectivity index (χ3n) is 4.54. The summed E-state index contributed by atoms with van der Waals surface area (Å²) in [5.74, 6) is -0.0361. The van der Waals surface area contributed by atoms with Crippen LogP contribution in [0.5, 0.6) is 0 Å². The van der Waals surface area contributed by atoms with E-state index in [0.29, 0.717) is 0 Å². The van der Waals surface area contributed by atoms with Crippen LogP contribution in [0.25, 0.3) is 0 Å². The van der Waals surface area contributed by atoms with Crippen LogP contribution in [0.2, 0.25) is 0 Å². The van der Waals surface area contributed by atoms with E-state index >= 15 is 0 Å². The molecule has 24 heavy (non-hydrogen) atoms. The SMILES string of the molecule is CCCCCCCCCCCCCCCCCCNC(=O)CN.Cl. The maximum Gasteiger partial charge on any atom is 0.233 e. The molecule has 3 N–H and O–H groups in total. The van der Waals surface area contributed by atoms with Gasteiger partial charge in [-0.2, -0.15) is 0 Å². The van der Waals surface area contributed by atoms with Crippen LogP contribution in [0.1, 0.15) is 110 Å². The maximum absolute atomic E-state index is 10.9. The fraction of sp³-hybridized carbons (Fsp3) is 0.950. The lowest BCUT2D eigenvalue weighted by molar-refractivity contribution is -0.119. The van der Waals surface area contributed by atoms with Crippen molar-refractivity contribution in [1.82, 2.24) is 5.32 Å². The van der Waals surface area contributed by atoms with Crippen molar-refractivity contribution in [2.75, 3.05) is 13.1 Å². The molecule has 0 aliphatic heterocycles. The molecule has 0 saturated carbocycles. The first kappa shape index (κ1) is 26.0. The van der Waals surface area contributed by atoms with Crippen molar-refractivity contribution in [3.8, 4) is 0 Å². The lowest BCUT2D eigenvalue weighted by Crippen LogP contribution is -2.30. The Morgan fingerprint density at radius 1 is 0.667 bits per heavy atom. The molecule has 0 aromatic rings. The molecule has 0 unspecified atom stereocenters. The van der Waals surface area contributed by atoms with Gasteiger partial charge in [-0.25, -0.2) is 0 Å². The maximum atomic E-state index is 10.9. The summed E-state index contributed by atoms with van der Waals surface area (Å²) in [5.41, 5.74) is 5.23. The van der Waals surface area contributed by atoms with Gasteiger partial charge in [0.2, 0.25) is 5.91 Å². The first-order valence-electron chi connectivity index (χ1n) is 10.3. The summed E-state index contributed by atoms with van der Waals surface area (Å²) in [6.07, 6.45) is 22.0. The largest absolute Gasteiger partial charge is 0.355 e. The molecule has 4 heteroatoms. The number of hydrogen-bond acceptors (Lipinski definition) is 2. The van der Waals surface area contributed by atoms with Crippen molar-refractivity contribution in [3.05, 3.63) is 0 Å². The first-order chi connectivity index (χ1) is 11.3. The van der Waals surface area contributed by atoms with Crippen LogP contribution in [-0.2, 0) is 4.79 Å². The van der Waals surface area contributed by atoms with Gasteiger partial charge in [0.1, 0.15) is 0 Å². The second-order valence-electron chi connectivity index (χ2n) is 6.86. The van der Waals surface area contributed by atoms with Crippen molar-refractivity contribution in [1.29, 1.82) is 0 Å². The van der Waals surface area contributed by atoms with Gasteiger partial charge in [-0.3, -0.25) is 4.79 Å². The Labute approximate surface area is 157 Å². The zero-order chi connectivity index (χ0) is 17.0. The summed E-state index contributed by atoms with van der Waals surface area (Å²) >= 11 is 0.